The average molecular weight is 223 g/mol. The van der Waals surface area contributed by atoms with Crippen LogP contribution in [0.15, 0.2) is 0 Å². The molecule has 3 unspecified atom stereocenters. The Hall–Kier alpha value is -0.0800. The topological polar surface area (TPSA) is 15.5 Å². The zero-order chi connectivity index (χ0) is 11.2. The summed E-state index contributed by atoms with van der Waals surface area (Å²) in [5.41, 5.74) is 0.153. The molecule has 3 fully saturated rings. The van der Waals surface area contributed by atoms with Crippen LogP contribution >= 0.6 is 0 Å². The van der Waals surface area contributed by atoms with Crippen LogP contribution in [0.4, 0.5) is 0 Å². The van der Waals surface area contributed by atoms with Gasteiger partial charge in [-0.1, -0.05) is 39.5 Å². The number of nitrogens with zero attached hydrogens (tertiary/aromatic N) is 1. The highest BCUT2D eigenvalue weighted by atomic mass is 16.9. The van der Waals surface area contributed by atoms with E-state index in [-0.39, 0.29) is 5.72 Å². The van der Waals surface area contributed by atoms with Crippen molar-refractivity contribution in [1.82, 2.24) is 5.06 Å². The largest absolute Gasteiger partial charge is 0.271 e. The fourth-order valence-electron chi connectivity index (χ4n) is 4.06. The molecule has 1 aliphatic heterocycles. The van der Waals surface area contributed by atoms with Crippen molar-refractivity contribution < 1.29 is 4.84 Å². The van der Waals surface area contributed by atoms with Crippen molar-refractivity contribution in [2.24, 2.45) is 11.8 Å². The first-order chi connectivity index (χ1) is 7.75. The van der Waals surface area contributed by atoms with E-state index in [2.05, 4.69) is 18.9 Å². The average Bonchev–Trinajstić information content (AvgIpc) is 3.04. The Morgan fingerprint density at radius 2 is 1.50 bits per heavy atom. The second-order valence-electron chi connectivity index (χ2n) is 6.19. The van der Waals surface area contributed by atoms with Crippen LogP contribution < -0.4 is 0 Å². The molecule has 0 radical (unpaired) electrons. The van der Waals surface area contributed by atoms with Gasteiger partial charge in [-0.05, 0) is 25.7 Å². The lowest BCUT2D eigenvalue weighted by molar-refractivity contribution is 0.109. The van der Waals surface area contributed by atoms with Crippen molar-refractivity contribution in [1.29, 1.82) is 0 Å². The molecule has 1 spiro atoms. The van der Waals surface area contributed by atoms with Crippen LogP contribution in [0.1, 0.15) is 65.2 Å². The van der Waals surface area contributed by atoms with Gasteiger partial charge in [0, 0.05) is 17.9 Å². The normalized spacial score (nSPS) is 49.5. The lowest BCUT2D eigenvalue weighted by Gasteiger charge is -2.33. The van der Waals surface area contributed by atoms with Gasteiger partial charge in [0.15, 0.2) is 5.72 Å². The second kappa shape index (κ2) is 3.99. The van der Waals surface area contributed by atoms with Gasteiger partial charge in [-0.25, -0.2) is 0 Å². The van der Waals surface area contributed by atoms with Gasteiger partial charge in [-0.15, -0.1) is 5.06 Å². The van der Waals surface area contributed by atoms with E-state index in [0.717, 1.165) is 17.9 Å². The Kier molecular flexibility index (Phi) is 2.75. The highest BCUT2D eigenvalue weighted by Gasteiger charge is 2.64. The molecule has 16 heavy (non-hydrogen) atoms. The van der Waals surface area contributed by atoms with Crippen molar-refractivity contribution >= 4 is 0 Å². The molecular weight excluding hydrogens is 198 g/mol. The molecule has 0 aromatic heterocycles. The molecule has 2 heteroatoms. The Morgan fingerprint density at radius 1 is 0.875 bits per heavy atom. The number of hydrogen-bond acceptors (Lipinski definition) is 2. The molecule has 92 valence electrons. The molecule has 0 N–H and O–H groups in total. The van der Waals surface area contributed by atoms with Gasteiger partial charge < -0.3 is 0 Å². The summed E-state index contributed by atoms with van der Waals surface area (Å²) in [6.45, 7) is 4.77. The van der Waals surface area contributed by atoms with Gasteiger partial charge in [-0.3, -0.25) is 4.84 Å². The zero-order valence-electron chi connectivity index (χ0n) is 10.7. The van der Waals surface area contributed by atoms with Crippen LogP contribution in [-0.2, 0) is 4.84 Å². The minimum Gasteiger partial charge on any atom is -0.271 e. The smallest absolute Gasteiger partial charge is 0.170 e. The van der Waals surface area contributed by atoms with Gasteiger partial charge in [0.25, 0.3) is 0 Å². The minimum atomic E-state index is 0.153. The minimum absolute atomic E-state index is 0.153. The molecule has 0 aromatic rings. The van der Waals surface area contributed by atoms with Crippen molar-refractivity contribution in [2.45, 2.75) is 77.0 Å². The van der Waals surface area contributed by atoms with Gasteiger partial charge in [0.2, 0.25) is 0 Å². The van der Waals surface area contributed by atoms with E-state index >= 15 is 0 Å². The first-order valence-electron chi connectivity index (χ1n) is 7.23. The molecule has 1 saturated heterocycles. The van der Waals surface area contributed by atoms with Crippen LogP contribution in [0.25, 0.3) is 0 Å². The van der Waals surface area contributed by atoms with Crippen LogP contribution in [0.3, 0.4) is 0 Å². The van der Waals surface area contributed by atoms with E-state index in [1.54, 1.807) is 0 Å². The predicted molar refractivity (Wildman–Crippen MR) is 64.7 cm³/mol. The van der Waals surface area contributed by atoms with Gasteiger partial charge in [0.1, 0.15) is 0 Å². The summed E-state index contributed by atoms with van der Waals surface area (Å²) < 4.78 is 0. The summed E-state index contributed by atoms with van der Waals surface area (Å²) in [4.78, 5) is 6.14. The van der Waals surface area contributed by atoms with Crippen LogP contribution in [0.2, 0.25) is 0 Å². The fraction of sp³-hybridized carbons (Fsp3) is 1.00. The van der Waals surface area contributed by atoms with E-state index in [1.165, 1.54) is 51.4 Å². The van der Waals surface area contributed by atoms with Crippen LogP contribution in [0.5, 0.6) is 0 Å². The first-order valence-corrected chi connectivity index (χ1v) is 7.23. The van der Waals surface area contributed by atoms with Crippen LogP contribution in [0, 0.1) is 11.8 Å². The maximum atomic E-state index is 6.14. The lowest BCUT2D eigenvalue weighted by atomic mass is 9.76. The van der Waals surface area contributed by atoms with E-state index in [4.69, 9.17) is 4.84 Å². The summed E-state index contributed by atoms with van der Waals surface area (Å²) in [6.07, 6.45) is 11.1. The summed E-state index contributed by atoms with van der Waals surface area (Å²) >= 11 is 0. The molecule has 3 aliphatic rings. The van der Waals surface area contributed by atoms with Crippen molar-refractivity contribution in [3.05, 3.63) is 0 Å². The molecule has 0 aromatic carbocycles. The molecule has 3 atom stereocenters. The van der Waals surface area contributed by atoms with E-state index < -0.39 is 0 Å². The Morgan fingerprint density at radius 3 is 2.12 bits per heavy atom. The summed E-state index contributed by atoms with van der Waals surface area (Å²) in [5, 5.41) is 2.40. The fourth-order valence-corrected chi connectivity index (χ4v) is 4.06. The van der Waals surface area contributed by atoms with Crippen molar-refractivity contribution in [3.8, 4) is 0 Å². The zero-order valence-corrected chi connectivity index (χ0v) is 10.7. The first kappa shape index (κ1) is 11.0. The third kappa shape index (κ3) is 1.53. The second-order valence-corrected chi connectivity index (χ2v) is 6.19. The van der Waals surface area contributed by atoms with Gasteiger partial charge in [-0.2, -0.15) is 0 Å². The predicted octanol–water partition coefficient (Wildman–Crippen LogP) is 3.72. The standard InChI is InChI=1S/C14H25NO/c1-11-7-6-8-12(2)14(11)15(16-14)13-9-4-3-5-10-13/h11-13H,3-10H2,1-2H3. The quantitative estimate of drug-likeness (QED) is 0.630. The van der Waals surface area contributed by atoms with E-state index in [0.29, 0.717) is 0 Å². The number of hydroxylamine groups is 2. The molecule has 0 bridgehead atoms. The molecule has 2 nitrogen and oxygen atoms in total. The number of hydrogen-bond donors (Lipinski definition) is 0. The molecule has 3 rings (SSSR count). The Labute approximate surface area is 99.3 Å². The van der Waals surface area contributed by atoms with Crippen molar-refractivity contribution in [3.63, 3.8) is 0 Å². The highest BCUT2D eigenvalue weighted by Crippen LogP contribution is 2.55. The Balaban J connectivity index is 1.71. The van der Waals surface area contributed by atoms with E-state index in [9.17, 15) is 0 Å². The van der Waals surface area contributed by atoms with Crippen LogP contribution in [-0.4, -0.2) is 16.8 Å². The molecular formula is C14H25NO. The third-order valence-corrected chi connectivity index (χ3v) is 5.15. The number of rotatable bonds is 1. The third-order valence-electron chi connectivity index (χ3n) is 5.15. The monoisotopic (exact) mass is 223 g/mol. The molecule has 0 amide bonds. The summed E-state index contributed by atoms with van der Waals surface area (Å²) in [5.74, 6) is 1.47. The molecule has 2 saturated carbocycles. The highest BCUT2D eigenvalue weighted by molar-refractivity contribution is 5.01. The maximum absolute atomic E-state index is 6.14. The van der Waals surface area contributed by atoms with E-state index in [1.807, 2.05) is 0 Å². The SMILES string of the molecule is CC1CCCC(C)C12ON2C1CCCCC1. The Bertz CT molecular complexity index is 249. The maximum Gasteiger partial charge on any atom is 0.170 e. The van der Waals surface area contributed by atoms with Crippen molar-refractivity contribution in [2.75, 3.05) is 0 Å². The van der Waals surface area contributed by atoms with Gasteiger partial charge >= 0.3 is 0 Å². The molecule has 2 aliphatic carbocycles. The summed E-state index contributed by atoms with van der Waals surface area (Å²) in [6, 6.07) is 0.733. The van der Waals surface area contributed by atoms with Gasteiger partial charge in [0.05, 0.1) is 0 Å². The lowest BCUT2D eigenvalue weighted by Crippen LogP contribution is -2.41. The molecule has 1 heterocycles. The summed E-state index contributed by atoms with van der Waals surface area (Å²) in [7, 11) is 0.